The van der Waals surface area contributed by atoms with E-state index in [1.54, 1.807) is 13.0 Å². The Morgan fingerprint density at radius 1 is 1.26 bits per heavy atom. The van der Waals surface area contributed by atoms with Crippen molar-refractivity contribution in [2.24, 2.45) is 0 Å². The molecule has 1 N–H and O–H groups in total. The van der Waals surface area contributed by atoms with E-state index in [2.05, 4.69) is 5.32 Å². The number of fused-ring (bicyclic) bond motifs is 1. The molecule has 1 amide bonds. The largest absolute Gasteiger partial charge is 0.493 e. The molecule has 0 spiro atoms. The third-order valence-electron chi connectivity index (χ3n) is 5.04. The van der Waals surface area contributed by atoms with Gasteiger partial charge >= 0.3 is 5.97 Å². The van der Waals surface area contributed by atoms with Crippen LogP contribution < -0.4 is 14.8 Å². The maximum atomic E-state index is 12.4. The van der Waals surface area contributed by atoms with Gasteiger partial charge in [-0.1, -0.05) is 12.1 Å². The predicted molar refractivity (Wildman–Crippen MR) is 121 cm³/mol. The molecule has 2 aromatic carbocycles. The first kappa shape index (κ1) is 22.4. The molecule has 1 aliphatic heterocycles. The van der Waals surface area contributed by atoms with Crippen molar-refractivity contribution in [2.45, 2.75) is 53.2 Å². The number of nitrogens with one attached hydrogen (secondary N) is 1. The number of rotatable bonds is 7. The van der Waals surface area contributed by atoms with Crippen LogP contribution in [0.4, 0.5) is 5.69 Å². The zero-order chi connectivity index (χ0) is 22.5. The molecule has 0 aromatic heterocycles. The highest BCUT2D eigenvalue weighted by Gasteiger charge is 2.22. The number of ether oxygens (including phenoxy) is 3. The SMILES string of the molecule is CCOc1cc2c(cc1/C=C/C(=O)O[C@@H](C)C(=O)Nc1cc(C)ccc1C)O[C@H](C)C2. The maximum absolute atomic E-state index is 12.4. The van der Waals surface area contributed by atoms with Gasteiger partial charge in [-0.05, 0) is 70.0 Å². The molecule has 0 bridgehead atoms. The second kappa shape index (κ2) is 9.69. The van der Waals surface area contributed by atoms with Gasteiger partial charge in [-0.2, -0.15) is 0 Å². The molecule has 164 valence electrons. The lowest BCUT2D eigenvalue weighted by Gasteiger charge is -2.14. The summed E-state index contributed by atoms with van der Waals surface area (Å²) in [6, 6.07) is 9.60. The molecule has 2 atom stereocenters. The van der Waals surface area contributed by atoms with Crippen molar-refractivity contribution in [2.75, 3.05) is 11.9 Å². The fraction of sp³-hybridized carbons (Fsp3) is 0.360. The number of hydrogen-bond donors (Lipinski definition) is 1. The summed E-state index contributed by atoms with van der Waals surface area (Å²) in [6.45, 7) is 9.83. The molecule has 1 aliphatic rings. The van der Waals surface area contributed by atoms with E-state index in [0.717, 1.165) is 34.4 Å². The Morgan fingerprint density at radius 2 is 2.03 bits per heavy atom. The Bertz CT molecular complexity index is 1010. The van der Waals surface area contributed by atoms with Crippen LogP contribution in [0.2, 0.25) is 0 Å². The van der Waals surface area contributed by atoms with Crippen molar-refractivity contribution in [3.63, 3.8) is 0 Å². The zero-order valence-electron chi connectivity index (χ0n) is 18.7. The Morgan fingerprint density at radius 3 is 2.77 bits per heavy atom. The monoisotopic (exact) mass is 423 g/mol. The molecule has 2 aromatic rings. The minimum Gasteiger partial charge on any atom is -0.493 e. The quantitative estimate of drug-likeness (QED) is 0.520. The summed E-state index contributed by atoms with van der Waals surface area (Å²) in [5.41, 5.74) is 4.49. The lowest BCUT2D eigenvalue weighted by Crippen LogP contribution is -2.29. The van der Waals surface area contributed by atoms with Crippen molar-refractivity contribution >= 4 is 23.6 Å². The fourth-order valence-corrected chi connectivity index (χ4v) is 3.40. The van der Waals surface area contributed by atoms with Gasteiger partial charge in [-0.3, -0.25) is 4.79 Å². The summed E-state index contributed by atoms with van der Waals surface area (Å²) in [5.74, 6) is 0.486. The summed E-state index contributed by atoms with van der Waals surface area (Å²) >= 11 is 0. The molecule has 0 saturated heterocycles. The summed E-state index contributed by atoms with van der Waals surface area (Å²) < 4.78 is 16.8. The summed E-state index contributed by atoms with van der Waals surface area (Å²) in [4.78, 5) is 24.7. The van der Waals surface area contributed by atoms with Crippen LogP contribution in [0.5, 0.6) is 11.5 Å². The van der Waals surface area contributed by atoms with E-state index in [9.17, 15) is 9.59 Å². The van der Waals surface area contributed by atoms with Crippen molar-refractivity contribution in [3.05, 3.63) is 58.7 Å². The van der Waals surface area contributed by atoms with E-state index in [0.29, 0.717) is 18.0 Å². The third-order valence-corrected chi connectivity index (χ3v) is 5.04. The van der Waals surface area contributed by atoms with E-state index in [4.69, 9.17) is 14.2 Å². The topological polar surface area (TPSA) is 73.9 Å². The van der Waals surface area contributed by atoms with Gasteiger partial charge in [0.25, 0.3) is 5.91 Å². The number of hydrogen-bond acceptors (Lipinski definition) is 5. The second-order valence-electron chi connectivity index (χ2n) is 7.78. The van der Waals surface area contributed by atoms with Gasteiger partial charge < -0.3 is 19.5 Å². The highest BCUT2D eigenvalue weighted by atomic mass is 16.5. The van der Waals surface area contributed by atoms with Crippen LogP contribution in [0.3, 0.4) is 0 Å². The molecule has 6 nitrogen and oxygen atoms in total. The molecule has 31 heavy (non-hydrogen) atoms. The van der Waals surface area contributed by atoms with E-state index in [1.807, 2.05) is 58.0 Å². The van der Waals surface area contributed by atoms with Gasteiger partial charge in [0, 0.05) is 29.3 Å². The smallest absolute Gasteiger partial charge is 0.331 e. The zero-order valence-corrected chi connectivity index (χ0v) is 18.7. The van der Waals surface area contributed by atoms with Gasteiger partial charge in [0.15, 0.2) is 6.10 Å². The maximum Gasteiger partial charge on any atom is 0.331 e. The van der Waals surface area contributed by atoms with E-state index < -0.39 is 12.1 Å². The number of anilines is 1. The van der Waals surface area contributed by atoms with Crippen LogP contribution in [0.15, 0.2) is 36.4 Å². The molecule has 1 heterocycles. The molecule has 3 rings (SSSR count). The first-order valence-electron chi connectivity index (χ1n) is 10.5. The van der Waals surface area contributed by atoms with E-state index in [1.165, 1.54) is 6.08 Å². The van der Waals surface area contributed by atoms with Gasteiger partial charge in [0.2, 0.25) is 0 Å². The Kier molecular flexibility index (Phi) is 7.00. The number of amides is 1. The van der Waals surface area contributed by atoms with Crippen LogP contribution in [0, 0.1) is 13.8 Å². The van der Waals surface area contributed by atoms with Gasteiger partial charge in [0.05, 0.1) is 6.61 Å². The van der Waals surface area contributed by atoms with Gasteiger partial charge in [-0.25, -0.2) is 4.79 Å². The van der Waals surface area contributed by atoms with Gasteiger partial charge in [-0.15, -0.1) is 0 Å². The lowest BCUT2D eigenvalue weighted by molar-refractivity contribution is -0.148. The van der Waals surface area contributed by atoms with Crippen LogP contribution in [0.1, 0.15) is 43.0 Å². The van der Waals surface area contributed by atoms with Crippen LogP contribution in [-0.2, 0) is 20.7 Å². The first-order valence-corrected chi connectivity index (χ1v) is 10.5. The molecule has 0 fully saturated rings. The number of carbonyl (C=O) groups excluding carboxylic acids is 2. The lowest BCUT2D eigenvalue weighted by atomic mass is 10.1. The standard InChI is InChI=1S/C25H29NO5/c1-6-29-22-14-20-12-17(4)30-23(20)13-19(22)9-10-24(27)31-18(5)25(28)26-21-11-15(2)7-8-16(21)3/h7-11,13-14,17-18H,6,12H2,1-5H3,(H,26,28)/b10-9+/t17-,18+/m1/s1. The average Bonchev–Trinajstić information content (AvgIpc) is 3.07. The normalized spacial score (nSPS) is 15.8. The number of esters is 1. The van der Waals surface area contributed by atoms with E-state index in [-0.39, 0.29) is 12.0 Å². The number of carbonyl (C=O) groups is 2. The molecule has 0 aliphatic carbocycles. The van der Waals surface area contributed by atoms with Crippen molar-refractivity contribution in [3.8, 4) is 11.5 Å². The molecule has 0 saturated carbocycles. The van der Waals surface area contributed by atoms with Crippen LogP contribution in [0.25, 0.3) is 6.08 Å². The van der Waals surface area contributed by atoms with Crippen molar-refractivity contribution in [1.82, 2.24) is 0 Å². The van der Waals surface area contributed by atoms with Crippen molar-refractivity contribution in [1.29, 1.82) is 0 Å². The van der Waals surface area contributed by atoms with E-state index >= 15 is 0 Å². The predicted octanol–water partition coefficient (Wildman–Crippen LogP) is 4.61. The molecule has 0 unspecified atom stereocenters. The van der Waals surface area contributed by atoms with Crippen molar-refractivity contribution < 1.29 is 23.8 Å². The Labute approximate surface area is 183 Å². The van der Waals surface area contributed by atoms with Gasteiger partial charge in [0.1, 0.15) is 17.6 Å². The highest BCUT2D eigenvalue weighted by Crippen LogP contribution is 2.35. The van der Waals surface area contributed by atoms with Crippen LogP contribution >= 0.6 is 0 Å². The molecular formula is C25H29NO5. The third kappa shape index (κ3) is 5.66. The number of benzene rings is 2. The Balaban J connectivity index is 1.65. The second-order valence-corrected chi connectivity index (χ2v) is 7.78. The Hall–Kier alpha value is -3.28. The summed E-state index contributed by atoms with van der Waals surface area (Å²) in [5, 5.41) is 2.81. The molecular weight excluding hydrogens is 394 g/mol. The first-order chi connectivity index (χ1) is 14.8. The fourth-order valence-electron chi connectivity index (χ4n) is 3.40. The summed E-state index contributed by atoms with van der Waals surface area (Å²) in [6.07, 6.45) is 2.92. The average molecular weight is 424 g/mol. The molecule has 6 heteroatoms. The minimum atomic E-state index is -0.937. The minimum absolute atomic E-state index is 0.116. The highest BCUT2D eigenvalue weighted by molar-refractivity contribution is 5.97. The number of aryl methyl sites for hydroxylation is 2. The summed E-state index contributed by atoms with van der Waals surface area (Å²) in [7, 11) is 0. The molecule has 0 radical (unpaired) electrons. The van der Waals surface area contributed by atoms with Crippen LogP contribution in [-0.4, -0.2) is 30.7 Å².